The Morgan fingerprint density at radius 1 is 1.58 bits per heavy atom. The summed E-state index contributed by atoms with van der Waals surface area (Å²) in [5.74, 6) is 1.43. The zero-order valence-corrected chi connectivity index (χ0v) is 7.89. The van der Waals surface area contributed by atoms with E-state index in [0.29, 0.717) is 5.92 Å². The van der Waals surface area contributed by atoms with Gasteiger partial charge in [0, 0.05) is 11.6 Å². The number of aryl methyl sites for hydroxylation is 1. The predicted molar refractivity (Wildman–Crippen MR) is 48.0 cm³/mol. The Labute approximate surface area is 72.8 Å². The van der Waals surface area contributed by atoms with Crippen LogP contribution < -0.4 is 0 Å². The molecule has 0 saturated carbocycles. The van der Waals surface area contributed by atoms with Gasteiger partial charge in [0.15, 0.2) is 0 Å². The van der Waals surface area contributed by atoms with Crippen molar-refractivity contribution in [3.05, 3.63) is 17.2 Å². The summed E-state index contributed by atoms with van der Waals surface area (Å²) >= 11 is 0. The number of aliphatic hydroxyl groups excluding tert-OH is 1. The van der Waals surface area contributed by atoms with Gasteiger partial charge in [-0.2, -0.15) is 0 Å². The summed E-state index contributed by atoms with van der Waals surface area (Å²) in [5.41, 5.74) is 1.75. The predicted octanol–water partition coefficient (Wildman–Crippen LogP) is 1.72. The quantitative estimate of drug-likeness (QED) is 0.722. The maximum atomic E-state index is 8.90. The summed E-state index contributed by atoms with van der Waals surface area (Å²) < 4.78 is 0. The number of imidazole rings is 1. The van der Waals surface area contributed by atoms with E-state index in [1.165, 1.54) is 0 Å². The first-order valence-corrected chi connectivity index (χ1v) is 4.35. The van der Waals surface area contributed by atoms with Crippen LogP contribution in [0.15, 0.2) is 0 Å². The van der Waals surface area contributed by atoms with Crippen LogP contribution in [0.1, 0.15) is 43.4 Å². The molecule has 1 heterocycles. The van der Waals surface area contributed by atoms with Gasteiger partial charge in [-0.1, -0.05) is 13.8 Å². The summed E-state index contributed by atoms with van der Waals surface area (Å²) in [7, 11) is 0. The fourth-order valence-corrected chi connectivity index (χ4v) is 1.10. The third-order valence-corrected chi connectivity index (χ3v) is 2.23. The molecule has 68 valence electrons. The molecule has 3 heteroatoms. The molecule has 1 unspecified atom stereocenters. The molecule has 0 aromatic carbocycles. The smallest absolute Gasteiger partial charge is 0.109 e. The minimum atomic E-state index is 0.0266. The second-order valence-corrected chi connectivity index (χ2v) is 3.16. The van der Waals surface area contributed by atoms with E-state index in [9.17, 15) is 0 Å². The van der Waals surface area contributed by atoms with Gasteiger partial charge in [0.2, 0.25) is 0 Å². The summed E-state index contributed by atoms with van der Waals surface area (Å²) in [4.78, 5) is 7.47. The van der Waals surface area contributed by atoms with Crippen molar-refractivity contribution in [2.75, 3.05) is 0 Å². The number of aromatic nitrogens is 2. The van der Waals surface area contributed by atoms with E-state index >= 15 is 0 Å². The lowest BCUT2D eigenvalue weighted by molar-refractivity contribution is 0.276. The van der Waals surface area contributed by atoms with E-state index in [0.717, 1.165) is 23.6 Å². The van der Waals surface area contributed by atoms with Crippen LogP contribution >= 0.6 is 0 Å². The van der Waals surface area contributed by atoms with Crippen LogP contribution in [-0.2, 0) is 6.61 Å². The van der Waals surface area contributed by atoms with Gasteiger partial charge in [-0.15, -0.1) is 0 Å². The molecule has 1 aromatic rings. The van der Waals surface area contributed by atoms with Crippen molar-refractivity contribution in [2.45, 2.75) is 39.7 Å². The molecular weight excluding hydrogens is 152 g/mol. The first kappa shape index (κ1) is 9.26. The Morgan fingerprint density at radius 3 is 2.67 bits per heavy atom. The summed E-state index contributed by atoms with van der Waals surface area (Å²) in [6.07, 6.45) is 1.07. The highest BCUT2D eigenvalue weighted by atomic mass is 16.3. The molecule has 12 heavy (non-hydrogen) atoms. The summed E-state index contributed by atoms with van der Waals surface area (Å²) in [6.45, 7) is 6.21. The highest BCUT2D eigenvalue weighted by molar-refractivity contribution is 5.13. The Bertz CT molecular complexity index is 255. The number of aliphatic hydroxyl groups is 1. The zero-order chi connectivity index (χ0) is 9.14. The highest BCUT2D eigenvalue weighted by Gasteiger charge is 2.09. The van der Waals surface area contributed by atoms with Crippen molar-refractivity contribution in [3.8, 4) is 0 Å². The SMILES string of the molecule is CCC(C)c1nc(CO)c(C)[nH]1. The molecule has 0 fully saturated rings. The van der Waals surface area contributed by atoms with E-state index in [1.807, 2.05) is 6.92 Å². The molecule has 1 rings (SSSR count). The Balaban J connectivity index is 2.88. The van der Waals surface area contributed by atoms with Gasteiger partial charge in [0.1, 0.15) is 5.82 Å². The van der Waals surface area contributed by atoms with Gasteiger partial charge in [0.25, 0.3) is 0 Å². The van der Waals surface area contributed by atoms with E-state index in [4.69, 9.17) is 5.11 Å². The molecule has 0 bridgehead atoms. The van der Waals surface area contributed by atoms with E-state index in [1.54, 1.807) is 0 Å². The standard InChI is InChI=1S/C9H16N2O/c1-4-6(2)9-10-7(3)8(5-12)11-9/h6,12H,4-5H2,1-3H3,(H,10,11). The summed E-state index contributed by atoms with van der Waals surface area (Å²) in [5, 5.41) is 8.90. The van der Waals surface area contributed by atoms with Crippen LogP contribution in [0.5, 0.6) is 0 Å². The normalized spacial score (nSPS) is 13.3. The van der Waals surface area contributed by atoms with Crippen molar-refractivity contribution < 1.29 is 5.11 Å². The number of nitrogens with one attached hydrogen (secondary N) is 1. The topological polar surface area (TPSA) is 48.9 Å². The lowest BCUT2D eigenvalue weighted by atomic mass is 10.1. The number of aromatic amines is 1. The van der Waals surface area contributed by atoms with Gasteiger partial charge in [-0.25, -0.2) is 4.98 Å². The lowest BCUT2D eigenvalue weighted by Crippen LogP contribution is -1.94. The molecule has 0 aliphatic heterocycles. The van der Waals surface area contributed by atoms with E-state index in [2.05, 4.69) is 23.8 Å². The van der Waals surface area contributed by atoms with Gasteiger partial charge in [-0.05, 0) is 13.3 Å². The molecule has 0 amide bonds. The van der Waals surface area contributed by atoms with E-state index in [-0.39, 0.29) is 6.61 Å². The molecule has 0 spiro atoms. The molecule has 0 saturated heterocycles. The largest absolute Gasteiger partial charge is 0.390 e. The Morgan fingerprint density at radius 2 is 2.25 bits per heavy atom. The second kappa shape index (κ2) is 3.72. The van der Waals surface area contributed by atoms with Crippen molar-refractivity contribution in [1.82, 2.24) is 9.97 Å². The third kappa shape index (κ3) is 1.67. The highest BCUT2D eigenvalue weighted by Crippen LogP contribution is 2.16. The Kier molecular flexibility index (Phi) is 2.87. The van der Waals surface area contributed by atoms with Crippen LogP contribution in [0.3, 0.4) is 0 Å². The van der Waals surface area contributed by atoms with Crippen LogP contribution in [0, 0.1) is 6.92 Å². The lowest BCUT2D eigenvalue weighted by Gasteiger charge is -2.02. The maximum absolute atomic E-state index is 8.90. The molecule has 1 atom stereocenters. The fourth-order valence-electron chi connectivity index (χ4n) is 1.10. The minimum absolute atomic E-state index is 0.0266. The van der Waals surface area contributed by atoms with E-state index < -0.39 is 0 Å². The number of hydrogen-bond acceptors (Lipinski definition) is 2. The van der Waals surface area contributed by atoms with Gasteiger partial charge in [-0.3, -0.25) is 0 Å². The molecule has 3 nitrogen and oxygen atoms in total. The first-order chi connectivity index (χ1) is 5.69. The molecule has 2 N–H and O–H groups in total. The van der Waals surface area contributed by atoms with Crippen molar-refractivity contribution in [3.63, 3.8) is 0 Å². The molecular formula is C9H16N2O. The minimum Gasteiger partial charge on any atom is -0.390 e. The zero-order valence-electron chi connectivity index (χ0n) is 7.89. The van der Waals surface area contributed by atoms with Crippen LogP contribution in [0.2, 0.25) is 0 Å². The average Bonchev–Trinajstić information content (AvgIpc) is 2.45. The van der Waals surface area contributed by atoms with Crippen LogP contribution in [-0.4, -0.2) is 15.1 Å². The fraction of sp³-hybridized carbons (Fsp3) is 0.667. The van der Waals surface area contributed by atoms with Crippen LogP contribution in [0.4, 0.5) is 0 Å². The molecule has 0 aliphatic rings. The number of rotatable bonds is 3. The number of H-pyrrole nitrogens is 1. The number of nitrogens with zero attached hydrogens (tertiary/aromatic N) is 1. The van der Waals surface area contributed by atoms with Gasteiger partial charge in [0.05, 0.1) is 12.3 Å². The molecule has 0 aliphatic carbocycles. The Hall–Kier alpha value is -0.830. The van der Waals surface area contributed by atoms with Crippen molar-refractivity contribution in [2.24, 2.45) is 0 Å². The van der Waals surface area contributed by atoms with Gasteiger partial charge >= 0.3 is 0 Å². The summed E-state index contributed by atoms with van der Waals surface area (Å²) in [6, 6.07) is 0. The monoisotopic (exact) mass is 168 g/mol. The van der Waals surface area contributed by atoms with Crippen molar-refractivity contribution >= 4 is 0 Å². The number of hydrogen-bond donors (Lipinski definition) is 2. The second-order valence-electron chi connectivity index (χ2n) is 3.16. The van der Waals surface area contributed by atoms with Crippen molar-refractivity contribution in [1.29, 1.82) is 0 Å². The average molecular weight is 168 g/mol. The maximum Gasteiger partial charge on any atom is 0.109 e. The van der Waals surface area contributed by atoms with Crippen LogP contribution in [0.25, 0.3) is 0 Å². The third-order valence-electron chi connectivity index (χ3n) is 2.23. The molecule has 1 aromatic heterocycles. The van der Waals surface area contributed by atoms with Gasteiger partial charge < -0.3 is 10.1 Å². The molecule has 0 radical (unpaired) electrons. The first-order valence-electron chi connectivity index (χ1n) is 4.35.